The van der Waals surface area contributed by atoms with E-state index in [2.05, 4.69) is 20.4 Å². The summed E-state index contributed by atoms with van der Waals surface area (Å²) in [6.07, 6.45) is 1.64. The lowest BCUT2D eigenvalue weighted by molar-refractivity contribution is -0.120. The minimum atomic E-state index is -0.618. The van der Waals surface area contributed by atoms with Gasteiger partial charge in [0.05, 0.1) is 18.0 Å². The number of carbonyl (C=O) groups is 1. The number of aromatic nitrogens is 3. The first-order valence-corrected chi connectivity index (χ1v) is 8.86. The highest BCUT2D eigenvalue weighted by Crippen LogP contribution is 2.22. The molecule has 28 heavy (non-hydrogen) atoms. The zero-order valence-corrected chi connectivity index (χ0v) is 15.3. The van der Waals surface area contributed by atoms with Gasteiger partial charge in [0, 0.05) is 18.3 Å². The fourth-order valence-electron chi connectivity index (χ4n) is 2.87. The molecular formula is C19H15ClFN5O2. The van der Waals surface area contributed by atoms with Crippen molar-refractivity contribution < 1.29 is 14.4 Å². The number of rotatable bonds is 5. The van der Waals surface area contributed by atoms with Gasteiger partial charge in [-0.05, 0) is 41.0 Å². The van der Waals surface area contributed by atoms with E-state index in [1.165, 1.54) is 18.2 Å². The SMILES string of the molecule is O=C(Cc1nc(-c2ccc(Cl)c(F)c2)nn1O)NCc1ccc2c(c1)C=NC2. The second-order valence-corrected chi connectivity index (χ2v) is 6.73. The monoisotopic (exact) mass is 399 g/mol. The van der Waals surface area contributed by atoms with Crippen molar-refractivity contribution in [2.24, 2.45) is 4.99 Å². The average molecular weight is 400 g/mol. The van der Waals surface area contributed by atoms with Crippen LogP contribution in [0.15, 0.2) is 41.4 Å². The van der Waals surface area contributed by atoms with Crippen LogP contribution in [0.2, 0.25) is 5.02 Å². The largest absolute Gasteiger partial charge is 0.410 e. The van der Waals surface area contributed by atoms with Crippen molar-refractivity contribution in [3.63, 3.8) is 0 Å². The molecule has 4 rings (SSSR count). The number of halogens is 2. The van der Waals surface area contributed by atoms with Gasteiger partial charge >= 0.3 is 0 Å². The molecule has 0 bridgehead atoms. The molecule has 0 saturated carbocycles. The molecule has 0 saturated heterocycles. The van der Waals surface area contributed by atoms with Crippen molar-refractivity contribution in [3.8, 4) is 11.4 Å². The number of fused-ring (bicyclic) bond motifs is 1. The van der Waals surface area contributed by atoms with Crippen LogP contribution in [-0.2, 0) is 24.3 Å². The predicted molar refractivity (Wildman–Crippen MR) is 101 cm³/mol. The van der Waals surface area contributed by atoms with Crippen LogP contribution in [0.1, 0.15) is 22.5 Å². The molecule has 0 unspecified atom stereocenters. The van der Waals surface area contributed by atoms with Gasteiger partial charge in [-0.3, -0.25) is 9.79 Å². The van der Waals surface area contributed by atoms with Gasteiger partial charge in [0.25, 0.3) is 0 Å². The number of nitrogens with one attached hydrogen (secondary N) is 1. The van der Waals surface area contributed by atoms with Crippen molar-refractivity contribution >= 4 is 23.7 Å². The highest BCUT2D eigenvalue weighted by molar-refractivity contribution is 6.30. The van der Waals surface area contributed by atoms with Gasteiger partial charge in [-0.2, -0.15) is 0 Å². The van der Waals surface area contributed by atoms with E-state index in [1.807, 2.05) is 24.4 Å². The molecule has 0 atom stereocenters. The molecule has 0 fully saturated rings. The first kappa shape index (κ1) is 18.1. The van der Waals surface area contributed by atoms with Gasteiger partial charge in [0.2, 0.25) is 5.91 Å². The average Bonchev–Trinajstić information content (AvgIpc) is 3.28. The van der Waals surface area contributed by atoms with E-state index in [-0.39, 0.29) is 29.0 Å². The Bertz CT molecular complexity index is 1100. The molecule has 2 aromatic carbocycles. The number of carbonyl (C=O) groups excluding carboxylic acids is 1. The third kappa shape index (κ3) is 3.72. The van der Waals surface area contributed by atoms with Crippen molar-refractivity contribution in [1.82, 2.24) is 20.2 Å². The molecule has 0 aliphatic carbocycles. The molecular weight excluding hydrogens is 385 g/mol. The lowest BCUT2D eigenvalue weighted by atomic mass is 10.1. The molecule has 1 aliphatic rings. The van der Waals surface area contributed by atoms with Gasteiger partial charge in [0.1, 0.15) is 5.82 Å². The van der Waals surface area contributed by atoms with Crippen LogP contribution in [0, 0.1) is 5.82 Å². The van der Waals surface area contributed by atoms with Crippen molar-refractivity contribution in [2.75, 3.05) is 0 Å². The molecule has 7 nitrogen and oxygen atoms in total. The number of hydrogen-bond acceptors (Lipinski definition) is 5. The summed E-state index contributed by atoms with van der Waals surface area (Å²) in [7, 11) is 0. The van der Waals surface area contributed by atoms with E-state index in [4.69, 9.17) is 11.6 Å². The summed E-state index contributed by atoms with van der Waals surface area (Å²) in [5.41, 5.74) is 3.51. The van der Waals surface area contributed by atoms with Crippen molar-refractivity contribution in [1.29, 1.82) is 0 Å². The van der Waals surface area contributed by atoms with Gasteiger partial charge in [-0.15, -0.1) is 5.10 Å². The van der Waals surface area contributed by atoms with Crippen LogP contribution in [0.3, 0.4) is 0 Å². The highest BCUT2D eigenvalue weighted by Gasteiger charge is 2.16. The van der Waals surface area contributed by atoms with E-state index in [0.29, 0.717) is 23.5 Å². The number of benzene rings is 2. The molecule has 2 heterocycles. The van der Waals surface area contributed by atoms with Crippen LogP contribution in [-0.4, -0.2) is 32.3 Å². The number of amides is 1. The summed E-state index contributed by atoms with van der Waals surface area (Å²) in [4.78, 5) is 21.0. The lowest BCUT2D eigenvalue weighted by Crippen LogP contribution is -2.26. The number of hydrogen-bond donors (Lipinski definition) is 2. The van der Waals surface area contributed by atoms with Crippen molar-refractivity contribution in [2.45, 2.75) is 19.5 Å². The normalized spacial score (nSPS) is 12.2. The summed E-state index contributed by atoms with van der Waals surface area (Å²) in [5.74, 6) is -0.805. The van der Waals surface area contributed by atoms with Gasteiger partial charge < -0.3 is 10.5 Å². The fraction of sp³-hybridized carbons (Fsp3) is 0.158. The highest BCUT2D eigenvalue weighted by atomic mass is 35.5. The van der Waals surface area contributed by atoms with Crippen molar-refractivity contribution in [3.05, 3.63) is 69.8 Å². The maximum Gasteiger partial charge on any atom is 0.228 e. The van der Waals surface area contributed by atoms with Gasteiger partial charge in [0.15, 0.2) is 11.6 Å². The Morgan fingerprint density at radius 1 is 1.29 bits per heavy atom. The van der Waals surface area contributed by atoms with Crippen LogP contribution in [0.4, 0.5) is 4.39 Å². The third-order valence-electron chi connectivity index (χ3n) is 4.34. The third-order valence-corrected chi connectivity index (χ3v) is 4.65. The summed E-state index contributed by atoms with van der Waals surface area (Å²) < 4.78 is 13.6. The molecule has 2 N–H and O–H groups in total. The van der Waals surface area contributed by atoms with Crippen LogP contribution < -0.4 is 5.32 Å². The Morgan fingerprint density at radius 2 is 2.14 bits per heavy atom. The van der Waals surface area contributed by atoms with E-state index in [9.17, 15) is 14.4 Å². The number of aliphatic imine (C=N–C) groups is 1. The Kier molecular flexibility index (Phi) is 4.79. The smallest absolute Gasteiger partial charge is 0.228 e. The maximum atomic E-state index is 13.6. The zero-order chi connectivity index (χ0) is 19.7. The lowest BCUT2D eigenvalue weighted by Gasteiger charge is -2.06. The summed E-state index contributed by atoms with van der Waals surface area (Å²) in [5, 5.41) is 16.5. The van der Waals surface area contributed by atoms with Crippen LogP contribution >= 0.6 is 11.6 Å². The Labute approximate surface area is 164 Å². The zero-order valence-electron chi connectivity index (χ0n) is 14.6. The molecule has 3 aromatic rings. The maximum absolute atomic E-state index is 13.6. The molecule has 0 spiro atoms. The molecule has 1 amide bonds. The summed E-state index contributed by atoms with van der Waals surface area (Å²) in [6, 6.07) is 9.98. The first-order chi connectivity index (χ1) is 13.5. The fourth-order valence-corrected chi connectivity index (χ4v) is 2.99. The first-order valence-electron chi connectivity index (χ1n) is 8.48. The van der Waals surface area contributed by atoms with E-state index in [0.717, 1.165) is 16.7 Å². The van der Waals surface area contributed by atoms with Crippen LogP contribution in [0.5, 0.6) is 0 Å². The van der Waals surface area contributed by atoms with E-state index < -0.39 is 5.82 Å². The molecule has 1 aliphatic heterocycles. The minimum absolute atomic E-state index is 0.0235. The second kappa shape index (κ2) is 7.40. The van der Waals surface area contributed by atoms with Gasteiger partial charge in [-0.25, -0.2) is 9.37 Å². The van der Waals surface area contributed by atoms with E-state index >= 15 is 0 Å². The number of nitrogens with zero attached hydrogens (tertiary/aromatic N) is 4. The predicted octanol–water partition coefficient (Wildman–Crippen LogP) is 2.77. The summed E-state index contributed by atoms with van der Waals surface area (Å²) >= 11 is 5.66. The van der Waals surface area contributed by atoms with Gasteiger partial charge in [-0.1, -0.05) is 28.6 Å². The van der Waals surface area contributed by atoms with Crippen LogP contribution in [0.25, 0.3) is 11.4 Å². The molecule has 9 heteroatoms. The minimum Gasteiger partial charge on any atom is -0.410 e. The Hall–Kier alpha value is -3.26. The molecule has 0 radical (unpaired) electrons. The quantitative estimate of drug-likeness (QED) is 0.645. The Balaban J connectivity index is 1.41. The molecule has 1 aromatic heterocycles. The second-order valence-electron chi connectivity index (χ2n) is 6.33. The molecule has 142 valence electrons. The topological polar surface area (TPSA) is 92.4 Å². The summed E-state index contributed by atoms with van der Waals surface area (Å²) in [6.45, 7) is 1.03. The van der Waals surface area contributed by atoms with E-state index in [1.54, 1.807) is 0 Å². The Morgan fingerprint density at radius 3 is 2.96 bits per heavy atom. The standard InChI is InChI=1S/C19H15ClFN5O2/c20-15-4-3-12(6-16(15)21)19-24-17(26(28)25-19)7-18(27)23-8-11-1-2-13-9-22-10-14(13)5-11/h1-6,10,28H,7-9H2,(H,23,27).